The van der Waals surface area contributed by atoms with Crippen molar-refractivity contribution in [2.75, 3.05) is 5.01 Å². The van der Waals surface area contributed by atoms with Crippen LogP contribution in [0.25, 0.3) is 0 Å². The van der Waals surface area contributed by atoms with Crippen molar-refractivity contribution < 1.29 is 9.59 Å². The Kier molecular flexibility index (Phi) is 5.26. The van der Waals surface area contributed by atoms with Gasteiger partial charge >= 0.3 is 0 Å². The van der Waals surface area contributed by atoms with Gasteiger partial charge in [0.2, 0.25) is 0 Å². The largest absolute Gasteiger partial charge is 0.294 e. The van der Waals surface area contributed by atoms with E-state index in [0.717, 1.165) is 11.3 Å². The van der Waals surface area contributed by atoms with Gasteiger partial charge in [-0.3, -0.25) is 20.0 Å². The monoisotopic (exact) mass is 350 g/mol. The number of anilines is 1. The van der Waals surface area contributed by atoms with Gasteiger partial charge in [0.05, 0.1) is 22.0 Å². The number of hydrogen-bond donors (Lipinski definition) is 1. The minimum atomic E-state index is -0.225. The molecule has 4 nitrogen and oxygen atoms in total. The Bertz CT molecular complexity index is 860. The summed E-state index contributed by atoms with van der Waals surface area (Å²) in [6, 6.07) is 23.0. The molecule has 0 aliphatic rings. The number of amides is 1. The molecule has 0 saturated heterocycles. The molecule has 0 spiro atoms. The molecule has 0 bridgehead atoms. The average Bonchev–Trinajstić information content (AvgIpc) is 3.13. The Hall–Kier alpha value is -2.92. The average molecular weight is 350 g/mol. The number of carbonyl (C=O) groups excluding carboxylic acids is 2. The number of para-hydroxylation sites is 1. The highest BCUT2D eigenvalue weighted by Crippen LogP contribution is 2.19. The van der Waals surface area contributed by atoms with Crippen LogP contribution in [0.5, 0.6) is 0 Å². The molecule has 1 aromatic heterocycles. The van der Waals surface area contributed by atoms with Crippen LogP contribution in [0, 0.1) is 0 Å². The van der Waals surface area contributed by atoms with Crippen LogP contribution in [0.3, 0.4) is 0 Å². The van der Waals surface area contributed by atoms with E-state index in [0.29, 0.717) is 16.3 Å². The zero-order valence-corrected chi connectivity index (χ0v) is 14.6. The van der Waals surface area contributed by atoms with Gasteiger partial charge in [0.1, 0.15) is 0 Å². The normalized spacial score (nSPS) is 10.3. The molecule has 0 fully saturated rings. The van der Waals surface area contributed by atoms with E-state index in [1.54, 1.807) is 12.1 Å². The number of hydrogen-bond acceptors (Lipinski definition) is 4. The Labute approximate surface area is 150 Å². The predicted molar refractivity (Wildman–Crippen MR) is 101 cm³/mol. The molecule has 0 radical (unpaired) electrons. The maximum absolute atomic E-state index is 12.6. The van der Waals surface area contributed by atoms with Gasteiger partial charge in [-0.2, -0.15) is 0 Å². The molecule has 0 aliphatic carbocycles. The Morgan fingerprint density at radius 2 is 1.48 bits per heavy atom. The molecule has 3 aromatic rings. The van der Waals surface area contributed by atoms with Crippen molar-refractivity contribution in [3.8, 4) is 0 Å². The second-order valence-corrected chi connectivity index (χ2v) is 6.65. The van der Waals surface area contributed by atoms with E-state index in [4.69, 9.17) is 0 Å². The van der Waals surface area contributed by atoms with Crippen LogP contribution < -0.4 is 10.4 Å². The van der Waals surface area contributed by atoms with Gasteiger partial charge in [-0.1, -0.05) is 48.5 Å². The Balaban J connectivity index is 1.81. The Morgan fingerprint density at radius 1 is 0.880 bits per heavy atom. The van der Waals surface area contributed by atoms with Gasteiger partial charge in [-0.15, -0.1) is 11.3 Å². The lowest BCUT2D eigenvalue weighted by Gasteiger charge is -2.25. The molecule has 3 rings (SSSR count). The zero-order chi connectivity index (χ0) is 17.6. The van der Waals surface area contributed by atoms with Gasteiger partial charge in [-0.05, 0) is 36.8 Å². The third kappa shape index (κ3) is 4.33. The van der Waals surface area contributed by atoms with Gasteiger partial charge < -0.3 is 0 Å². The first-order valence-corrected chi connectivity index (χ1v) is 8.73. The number of nitrogens with zero attached hydrogens (tertiary/aromatic N) is 1. The van der Waals surface area contributed by atoms with Crippen LogP contribution in [0.4, 0.5) is 5.69 Å². The van der Waals surface area contributed by atoms with E-state index in [1.165, 1.54) is 18.3 Å². The van der Waals surface area contributed by atoms with E-state index in [-0.39, 0.29) is 11.7 Å². The molecule has 0 unspecified atom stereocenters. The fraction of sp³-hybridized carbons (Fsp3) is 0.100. The number of Topliss-reactive ketones (excluding diaryl/α,β-unsaturated/α-hetero) is 1. The minimum absolute atomic E-state index is 0.0340. The second kappa shape index (κ2) is 7.77. The summed E-state index contributed by atoms with van der Waals surface area (Å²) in [6.45, 7) is 2.04. The van der Waals surface area contributed by atoms with Crippen molar-refractivity contribution in [1.82, 2.24) is 5.43 Å². The molecular formula is C20H18N2O2S. The minimum Gasteiger partial charge on any atom is -0.294 e. The molecule has 2 aromatic carbocycles. The lowest BCUT2D eigenvalue weighted by molar-refractivity contribution is 0.0951. The van der Waals surface area contributed by atoms with Crippen LogP contribution in [-0.4, -0.2) is 11.7 Å². The summed E-state index contributed by atoms with van der Waals surface area (Å²) in [5.74, 6) is -0.259. The zero-order valence-electron chi connectivity index (χ0n) is 13.8. The third-order valence-corrected chi connectivity index (χ3v) is 4.85. The van der Waals surface area contributed by atoms with Crippen molar-refractivity contribution in [1.29, 1.82) is 0 Å². The summed E-state index contributed by atoms with van der Waals surface area (Å²) in [6.07, 6.45) is 0. The van der Waals surface area contributed by atoms with Crippen LogP contribution in [0.2, 0.25) is 0 Å². The maximum atomic E-state index is 12.6. The smallest absolute Gasteiger partial charge is 0.279 e. The second-order valence-electron chi connectivity index (χ2n) is 5.57. The SMILES string of the molecule is CC(=O)c1ccc(C(=O)NN(Cc2ccccc2)c2ccccc2)s1. The fourth-order valence-electron chi connectivity index (χ4n) is 2.40. The fourth-order valence-corrected chi connectivity index (χ4v) is 3.19. The number of benzene rings is 2. The highest BCUT2D eigenvalue weighted by molar-refractivity contribution is 7.15. The van der Waals surface area contributed by atoms with Crippen molar-refractivity contribution in [2.24, 2.45) is 0 Å². The number of ketones is 1. The predicted octanol–water partition coefficient (Wildman–Crippen LogP) is 4.30. The van der Waals surface area contributed by atoms with Gasteiger partial charge in [0.15, 0.2) is 5.78 Å². The molecule has 1 heterocycles. The number of thiophene rings is 1. The van der Waals surface area contributed by atoms with Crippen molar-refractivity contribution in [3.05, 3.63) is 88.1 Å². The quantitative estimate of drug-likeness (QED) is 0.532. The summed E-state index contributed by atoms with van der Waals surface area (Å²) >= 11 is 1.20. The molecule has 1 amide bonds. The number of hydrazine groups is 1. The molecule has 0 atom stereocenters. The van der Waals surface area contributed by atoms with Crippen LogP contribution in [0.1, 0.15) is 31.8 Å². The summed E-state index contributed by atoms with van der Waals surface area (Å²) in [5.41, 5.74) is 4.92. The summed E-state index contributed by atoms with van der Waals surface area (Å²) in [4.78, 5) is 25.1. The number of carbonyl (C=O) groups is 2. The van der Waals surface area contributed by atoms with Crippen molar-refractivity contribution in [3.63, 3.8) is 0 Å². The molecule has 1 N–H and O–H groups in total. The summed E-state index contributed by atoms with van der Waals surface area (Å²) in [7, 11) is 0. The molecule has 5 heteroatoms. The van der Waals surface area contributed by atoms with Crippen LogP contribution in [-0.2, 0) is 6.54 Å². The first kappa shape index (κ1) is 16.9. The molecule has 25 heavy (non-hydrogen) atoms. The molecule has 0 saturated carbocycles. The van der Waals surface area contributed by atoms with Gasteiger partial charge in [-0.25, -0.2) is 0 Å². The first-order valence-electron chi connectivity index (χ1n) is 7.92. The molecule has 126 valence electrons. The van der Waals surface area contributed by atoms with E-state index in [1.807, 2.05) is 65.7 Å². The van der Waals surface area contributed by atoms with Crippen molar-refractivity contribution in [2.45, 2.75) is 13.5 Å². The molecule has 0 aliphatic heterocycles. The van der Waals surface area contributed by atoms with E-state index < -0.39 is 0 Å². The van der Waals surface area contributed by atoms with Crippen LogP contribution in [0.15, 0.2) is 72.8 Å². The number of nitrogens with one attached hydrogen (secondary N) is 1. The Morgan fingerprint density at radius 3 is 2.08 bits per heavy atom. The summed E-state index contributed by atoms with van der Waals surface area (Å²) < 4.78 is 0. The van der Waals surface area contributed by atoms with Gasteiger partial charge in [0.25, 0.3) is 5.91 Å². The van der Waals surface area contributed by atoms with Gasteiger partial charge in [0, 0.05) is 0 Å². The highest BCUT2D eigenvalue weighted by atomic mass is 32.1. The lowest BCUT2D eigenvalue weighted by Crippen LogP contribution is -2.41. The van der Waals surface area contributed by atoms with E-state index in [2.05, 4.69) is 5.43 Å². The standard InChI is InChI=1S/C20H18N2O2S/c1-15(23)18-12-13-19(25-18)20(24)21-22(17-10-6-3-7-11-17)14-16-8-4-2-5-9-16/h2-13H,14H2,1H3,(H,21,24). The van der Waals surface area contributed by atoms with Crippen molar-refractivity contribution >= 4 is 28.7 Å². The summed E-state index contributed by atoms with van der Waals surface area (Å²) in [5, 5.41) is 1.81. The first-order chi connectivity index (χ1) is 12.1. The lowest BCUT2D eigenvalue weighted by atomic mass is 10.2. The van der Waals surface area contributed by atoms with Crippen LogP contribution >= 0.6 is 11.3 Å². The number of rotatable bonds is 6. The maximum Gasteiger partial charge on any atom is 0.279 e. The molecular weight excluding hydrogens is 332 g/mol. The third-order valence-electron chi connectivity index (χ3n) is 3.66. The highest BCUT2D eigenvalue weighted by Gasteiger charge is 2.15. The topological polar surface area (TPSA) is 49.4 Å². The van der Waals surface area contributed by atoms with E-state index >= 15 is 0 Å². The van der Waals surface area contributed by atoms with E-state index in [9.17, 15) is 9.59 Å².